The number of benzene rings is 2. The van der Waals surface area contributed by atoms with E-state index >= 15 is 0 Å². The predicted molar refractivity (Wildman–Crippen MR) is 80.4 cm³/mol. The van der Waals surface area contributed by atoms with Crippen molar-refractivity contribution in [1.82, 2.24) is 4.90 Å². The summed E-state index contributed by atoms with van der Waals surface area (Å²) in [7, 11) is 1.85. The first-order chi connectivity index (χ1) is 9.49. The Labute approximate surface area is 126 Å². The van der Waals surface area contributed by atoms with Crippen LogP contribution in [0.3, 0.4) is 0 Å². The molecule has 0 saturated heterocycles. The molecule has 106 valence electrons. The van der Waals surface area contributed by atoms with Gasteiger partial charge in [-0.05, 0) is 53.2 Å². The van der Waals surface area contributed by atoms with Crippen molar-refractivity contribution in [3.05, 3.63) is 69.2 Å². The van der Waals surface area contributed by atoms with E-state index in [9.17, 15) is 8.78 Å². The topological polar surface area (TPSA) is 3.24 Å². The van der Waals surface area contributed by atoms with Crippen LogP contribution in [-0.4, -0.2) is 11.9 Å². The highest BCUT2D eigenvalue weighted by atomic mass is 79.9. The molecule has 0 amide bonds. The highest BCUT2D eigenvalue weighted by Crippen LogP contribution is 2.23. The normalized spacial score (nSPS) is 11.1. The van der Waals surface area contributed by atoms with Crippen LogP contribution in [0.4, 0.5) is 8.78 Å². The first kappa shape index (κ1) is 15.1. The molecule has 4 heteroatoms. The fraction of sp³-hybridized carbons (Fsp3) is 0.250. The van der Waals surface area contributed by atoms with Gasteiger partial charge in [-0.15, -0.1) is 0 Å². The van der Waals surface area contributed by atoms with Gasteiger partial charge in [0.25, 0.3) is 0 Å². The molecular weight excluding hydrogens is 324 g/mol. The molecule has 0 fully saturated rings. The van der Waals surface area contributed by atoms with Gasteiger partial charge in [-0.2, -0.15) is 0 Å². The Morgan fingerprint density at radius 3 is 2.45 bits per heavy atom. The van der Waals surface area contributed by atoms with Gasteiger partial charge in [0.05, 0.1) is 4.47 Å². The van der Waals surface area contributed by atoms with E-state index < -0.39 is 11.6 Å². The third kappa shape index (κ3) is 3.44. The summed E-state index contributed by atoms with van der Waals surface area (Å²) in [6.07, 6.45) is 0. The van der Waals surface area contributed by atoms with Gasteiger partial charge in [-0.1, -0.05) is 24.3 Å². The summed E-state index contributed by atoms with van der Waals surface area (Å²) in [6, 6.07) is 10.7. The monoisotopic (exact) mass is 339 g/mol. The first-order valence-electron chi connectivity index (χ1n) is 6.34. The Hall–Kier alpha value is -1.26. The van der Waals surface area contributed by atoms with Crippen LogP contribution in [0, 0.1) is 18.6 Å². The summed E-state index contributed by atoms with van der Waals surface area (Å²) in [5, 5.41) is 0. The molecule has 0 aliphatic rings. The second-order valence-corrected chi connectivity index (χ2v) is 5.77. The molecule has 0 bridgehead atoms. The Morgan fingerprint density at radius 2 is 1.75 bits per heavy atom. The van der Waals surface area contributed by atoms with Gasteiger partial charge in [0.15, 0.2) is 0 Å². The zero-order chi connectivity index (χ0) is 14.7. The zero-order valence-electron chi connectivity index (χ0n) is 11.5. The van der Waals surface area contributed by atoms with Crippen molar-refractivity contribution >= 4 is 15.9 Å². The van der Waals surface area contributed by atoms with Crippen molar-refractivity contribution in [1.29, 1.82) is 0 Å². The van der Waals surface area contributed by atoms with Crippen molar-refractivity contribution in [2.45, 2.75) is 20.0 Å². The minimum Gasteiger partial charge on any atom is -0.298 e. The van der Waals surface area contributed by atoms with E-state index in [1.54, 1.807) is 0 Å². The van der Waals surface area contributed by atoms with E-state index in [4.69, 9.17) is 0 Å². The lowest BCUT2D eigenvalue weighted by Crippen LogP contribution is -2.19. The number of hydrogen-bond acceptors (Lipinski definition) is 1. The van der Waals surface area contributed by atoms with Crippen molar-refractivity contribution < 1.29 is 8.78 Å². The average molecular weight is 340 g/mol. The van der Waals surface area contributed by atoms with Crippen molar-refractivity contribution in [3.63, 3.8) is 0 Å². The Balaban J connectivity index is 2.15. The predicted octanol–water partition coefficient (Wildman–Crippen LogP) is 4.67. The maximum absolute atomic E-state index is 13.9. The third-order valence-electron chi connectivity index (χ3n) is 3.27. The fourth-order valence-electron chi connectivity index (χ4n) is 2.12. The summed E-state index contributed by atoms with van der Waals surface area (Å²) in [5.41, 5.74) is 2.43. The number of nitrogens with zero attached hydrogens (tertiary/aromatic N) is 1. The van der Waals surface area contributed by atoms with Crippen LogP contribution in [0.1, 0.15) is 16.7 Å². The molecule has 0 radical (unpaired) electrons. The molecule has 2 aromatic carbocycles. The van der Waals surface area contributed by atoms with E-state index in [0.717, 1.165) is 5.56 Å². The van der Waals surface area contributed by atoms with Gasteiger partial charge in [-0.25, -0.2) is 8.78 Å². The molecule has 0 saturated carbocycles. The lowest BCUT2D eigenvalue weighted by atomic mass is 10.1. The second-order valence-electron chi connectivity index (χ2n) is 4.92. The van der Waals surface area contributed by atoms with Gasteiger partial charge in [-0.3, -0.25) is 4.90 Å². The molecule has 0 N–H and O–H groups in total. The maximum atomic E-state index is 13.9. The minimum absolute atomic E-state index is 0.0930. The van der Waals surface area contributed by atoms with Crippen LogP contribution in [0.25, 0.3) is 0 Å². The Kier molecular flexibility index (Phi) is 4.89. The van der Waals surface area contributed by atoms with Crippen LogP contribution in [0.2, 0.25) is 0 Å². The first-order valence-corrected chi connectivity index (χ1v) is 7.13. The largest absolute Gasteiger partial charge is 0.298 e. The highest BCUT2D eigenvalue weighted by molar-refractivity contribution is 9.10. The maximum Gasteiger partial charge on any atom is 0.144 e. The summed E-state index contributed by atoms with van der Waals surface area (Å²) >= 11 is 3.09. The molecule has 1 nitrogen and oxygen atoms in total. The molecule has 0 atom stereocenters. The van der Waals surface area contributed by atoms with Gasteiger partial charge < -0.3 is 0 Å². The Morgan fingerprint density at radius 1 is 1.05 bits per heavy atom. The van der Waals surface area contributed by atoms with Gasteiger partial charge in [0, 0.05) is 18.7 Å². The van der Waals surface area contributed by atoms with Crippen molar-refractivity contribution in [2.75, 3.05) is 7.05 Å². The fourth-order valence-corrected chi connectivity index (χ4v) is 2.49. The minimum atomic E-state index is -0.526. The summed E-state index contributed by atoms with van der Waals surface area (Å²) in [5.74, 6) is -1.04. The van der Waals surface area contributed by atoms with Crippen molar-refractivity contribution in [3.8, 4) is 0 Å². The van der Waals surface area contributed by atoms with Crippen LogP contribution in [0.15, 0.2) is 40.9 Å². The molecule has 20 heavy (non-hydrogen) atoms. The molecule has 0 heterocycles. The van der Waals surface area contributed by atoms with Crippen LogP contribution in [0.5, 0.6) is 0 Å². The van der Waals surface area contributed by atoms with E-state index in [1.165, 1.54) is 17.7 Å². The van der Waals surface area contributed by atoms with Gasteiger partial charge in [0.1, 0.15) is 11.6 Å². The van der Waals surface area contributed by atoms with Gasteiger partial charge in [0.2, 0.25) is 0 Å². The number of rotatable bonds is 4. The van der Waals surface area contributed by atoms with E-state index in [-0.39, 0.29) is 16.6 Å². The van der Waals surface area contributed by atoms with E-state index in [0.29, 0.717) is 6.54 Å². The Bertz CT molecular complexity index is 613. The summed E-state index contributed by atoms with van der Waals surface area (Å²) in [6.45, 7) is 2.91. The SMILES string of the molecule is Cc1ccccc1CN(C)Cc1c(F)ccc(Br)c1F. The van der Waals surface area contributed by atoms with Crippen LogP contribution < -0.4 is 0 Å². The lowest BCUT2D eigenvalue weighted by molar-refractivity contribution is 0.306. The number of halogens is 3. The molecule has 0 aliphatic carbocycles. The van der Waals surface area contributed by atoms with E-state index in [2.05, 4.69) is 15.9 Å². The smallest absolute Gasteiger partial charge is 0.144 e. The molecule has 0 aromatic heterocycles. The highest BCUT2D eigenvalue weighted by Gasteiger charge is 2.14. The summed E-state index contributed by atoms with van der Waals surface area (Å²) < 4.78 is 27.9. The molecule has 2 aromatic rings. The summed E-state index contributed by atoms with van der Waals surface area (Å²) in [4.78, 5) is 1.90. The van der Waals surface area contributed by atoms with Crippen molar-refractivity contribution in [2.24, 2.45) is 0 Å². The zero-order valence-corrected chi connectivity index (χ0v) is 13.0. The standard InChI is InChI=1S/C16H16BrF2N/c1-11-5-3-4-6-12(11)9-20(2)10-13-15(18)8-7-14(17)16(13)19/h3-8H,9-10H2,1-2H3. The van der Waals surface area contributed by atoms with Crippen LogP contribution >= 0.6 is 15.9 Å². The molecular formula is C16H16BrF2N. The van der Waals surface area contributed by atoms with Crippen LogP contribution in [-0.2, 0) is 13.1 Å². The number of aryl methyl sites for hydroxylation is 1. The lowest BCUT2D eigenvalue weighted by Gasteiger charge is -2.19. The average Bonchev–Trinajstić information content (AvgIpc) is 2.42. The molecule has 2 rings (SSSR count). The van der Waals surface area contributed by atoms with Gasteiger partial charge >= 0.3 is 0 Å². The number of hydrogen-bond donors (Lipinski definition) is 0. The second kappa shape index (κ2) is 6.46. The molecule has 0 unspecified atom stereocenters. The molecule has 0 spiro atoms. The molecule has 0 aliphatic heterocycles. The third-order valence-corrected chi connectivity index (χ3v) is 3.88. The van der Waals surface area contributed by atoms with E-state index in [1.807, 2.05) is 43.1 Å². The quantitative estimate of drug-likeness (QED) is 0.732.